The monoisotopic (exact) mass is 229 g/mol. The number of aromatic nitrogens is 2. The van der Waals surface area contributed by atoms with Crippen molar-refractivity contribution in [3.05, 3.63) is 11.8 Å². The van der Waals surface area contributed by atoms with Crippen LogP contribution in [0.3, 0.4) is 0 Å². The fourth-order valence-electron chi connectivity index (χ4n) is 1.12. The SMILES string of the molecule is C.O=C(O)c1cnc2nc1NCCS2=O. The molecule has 0 aromatic carbocycles. The Hall–Kier alpha value is -1.50. The van der Waals surface area contributed by atoms with Crippen LogP contribution in [0.25, 0.3) is 0 Å². The van der Waals surface area contributed by atoms with Crippen LogP contribution in [0, 0.1) is 0 Å². The number of hydrogen-bond acceptors (Lipinski definition) is 5. The largest absolute Gasteiger partial charge is 0.477 e. The van der Waals surface area contributed by atoms with Crippen LogP contribution in [0.5, 0.6) is 0 Å². The van der Waals surface area contributed by atoms with E-state index >= 15 is 0 Å². The highest BCUT2D eigenvalue weighted by atomic mass is 32.2. The molecule has 0 amide bonds. The van der Waals surface area contributed by atoms with E-state index in [-0.39, 0.29) is 24.0 Å². The van der Waals surface area contributed by atoms with E-state index in [4.69, 9.17) is 5.11 Å². The van der Waals surface area contributed by atoms with Gasteiger partial charge in [0.25, 0.3) is 0 Å². The minimum Gasteiger partial charge on any atom is -0.477 e. The van der Waals surface area contributed by atoms with Crippen LogP contribution in [0.4, 0.5) is 5.82 Å². The highest BCUT2D eigenvalue weighted by Crippen LogP contribution is 2.15. The van der Waals surface area contributed by atoms with E-state index in [0.717, 1.165) is 0 Å². The number of anilines is 1. The van der Waals surface area contributed by atoms with Crippen molar-refractivity contribution in [2.24, 2.45) is 0 Å². The lowest BCUT2D eigenvalue weighted by Gasteiger charge is -2.02. The number of aromatic carboxylic acids is 1. The van der Waals surface area contributed by atoms with Crippen molar-refractivity contribution in [2.45, 2.75) is 12.6 Å². The summed E-state index contributed by atoms with van der Waals surface area (Å²) in [6, 6.07) is 0. The Morgan fingerprint density at radius 1 is 1.60 bits per heavy atom. The summed E-state index contributed by atoms with van der Waals surface area (Å²) in [5, 5.41) is 11.8. The molecule has 1 aliphatic heterocycles. The molecule has 1 unspecified atom stereocenters. The van der Waals surface area contributed by atoms with Gasteiger partial charge in [-0.3, -0.25) is 4.21 Å². The van der Waals surface area contributed by atoms with Gasteiger partial charge in [-0.05, 0) is 0 Å². The third kappa shape index (κ3) is 2.12. The molecule has 82 valence electrons. The van der Waals surface area contributed by atoms with Gasteiger partial charge in [0, 0.05) is 18.5 Å². The molecule has 6 nitrogen and oxygen atoms in total. The molecule has 1 aromatic heterocycles. The molecule has 2 heterocycles. The first kappa shape index (κ1) is 11.6. The normalized spacial score (nSPS) is 18.3. The van der Waals surface area contributed by atoms with Crippen LogP contribution in [0.1, 0.15) is 17.8 Å². The number of rotatable bonds is 1. The van der Waals surface area contributed by atoms with Crippen molar-refractivity contribution in [1.29, 1.82) is 0 Å². The Balaban J connectivity index is 0.00000112. The first-order chi connectivity index (χ1) is 6.68. The highest BCUT2D eigenvalue weighted by molar-refractivity contribution is 7.84. The maximum atomic E-state index is 11.4. The minimum atomic E-state index is -1.23. The topological polar surface area (TPSA) is 92.2 Å². The van der Waals surface area contributed by atoms with Gasteiger partial charge in [-0.1, -0.05) is 7.43 Å². The maximum absolute atomic E-state index is 11.4. The second-order valence-corrected chi connectivity index (χ2v) is 4.16. The lowest BCUT2D eigenvalue weighted by atomic mass is 10.3. The van der Waals surface area contributed by atoms with Gasteiger partial charge in [0.05, 0.1) is 10.8 Å². The minimum absolute atomic E-state index is 0. The first-order valence-corrected chi connectivity index (χ1v) is 5.23. The fraction of sp³-hybridized carbons (Fsp3) is 0.375. The molecule has 1 atom stereocenters. The van der Waals surface area contributed by atoms with Gasteiger partial charge in [-0.25, -0.2) is 14.8 Å². The van der Waals surface area contributed by atoms with Crippen molar-refractivity contribution in [1.82, 2.24) is 9.97 Å². The van der Waals surface area contributed by atoms with E-state index in [2.05, 4.69) is 15.3 Å². The van der Waals surface area contributed by atoms with Crippen molar-refractivity contribution in [3.8, 4) is 0 Å². The third-order valence-electron chi connectivity index (χ3n) is 1.78. The van der Waals surface area contributed by atoms with E-state index in [9.17, 15) is 9.00 Å². The predicted octanol–water partition coefficient (Wildman–Crippen LogP) is 0.344. The van der Waals surface area contributed by atoms with E-state index in [1.54, 1.807) is 0 Å². The molecule has 2 bridgehead atoms. The van der Waals surface area contributed by atoms with Crippen LogP contribution in [-0.4, -0.2) is 37.6 Å². The van der Waals surface area contributed by atoms with Gasteiger partial charge in [-0.2, -0.15) is 0 Å². The standard InChI is InChI=1S/C7H7N3O3S.CH4/c11-6(12)4-3-9-7-10-5(4)8-1-2-14(7)13;/h3H,1-2H2,(H,11,12)(H,8,9,10);1H4. The lowest BCUT2D eigenvalue weighted by molar-refractivity contribution is 0.0697. The average molecular weight is 229 g/mol. The molecular formula is C8H11N3O3S. The Morgan fingerprint density at radius 2 is 2.33 bits per heavy atom. The molecule has 2 N–H and O–H groups in total. The molecule has 0 saturated carbocycles. The van der Waals surface area contributed by atoms with Crippen LogP contribution in [-0.2, 0) is 10.8 Å². The molecule has 2 rings (SSSR count). The molecule has 0 fully saturated rings. The number of nitrogens with one attached hydrogen (secondary N) is 1. The summed E-state index contributed by atoms with van der Waals surface area (Å²) in [7, 11) is -1.23. The van der Waals surface area contributed by atoms with E-state index in [0.29, 0.717) is 12.3 Å². The summed E-state index contributed by atoms with van der Waals surface area (Å²) < 4.78 is 11.4. The zero-order valence-electron chi connectivity index (χ0n) is 7.06. The smallest absolute Gasteiger partial charge is 0.341 e. The van der Waals surface area contributed by atoms with Crippen molar-refractivity contribution in [2.75, 3.05) is 17.6 Å². The number of carboxylic acids is 1. The van der Waals surface area contributed by atoms with Crippen molar-refractivity contribution < 1.29 is 14.1 Å². The van der Waals surface area contributed by atoms with E-state index in [1.165, 1.54) is 6.20 Å². The molecule has 0 radical (unpaired) electrons. The van der Waals surface area contributed by atoms with Crippen LogP contribution >= 0.6 is 0 Å². The molecular weight excluding hydrogens is 218 g/mol. The molecule has 7 heteroatoms. The summed E-state index contributed by atoms with van der Waals surface area (Å²) in [5.41, 5.74) is 0.00708. The molecule has 1 aliphatic rings. The molecule has 1 aromatic rings. The van der Waals surface area contributed by atoms with Gasteiger partial charge in [-0.15, -0.1) is 0 Å². The fourth-order valence-corrected chi connectivity index (χ4v) is 1.95. The number of hydrogen-bond donors (Lipinski definition) is 2. The zero-order valence-corrected chi connectivity index (χ0v) is 7.87. The first-order valence-electron chi connectivity index (χ1n) is 3.91. The second-order valence-electron chi connectivity index (χ2n) is 2.70. The summed E-state index contributed by atoms with van der Waals surface area (Å²) >= 11 is 0. The zero-order chi connectivity index (χ0) is 10.1. The lowest BCUT2D eigenvalue weighted by Crippen LogP contribution is -2.09. The number of fused-ring (bicyclic) bond motifs is 2. The van der Waals surface area contributed by atoms with Gasteiger partial charge in [0.15, 0.2) is 0 Å². The van der Waals surface area contributed by atoms with Crippen molar-refractivity contribution in [3.63, 3.8) is 0 Å². The van der Waals surface area contributed by atoms with Gasteiger partial charge < -0.3 is 10.4 Å². The summed E-state index contributed by atoms with van der Waals surface area (Å²) in [4.78, 5) is 18.3. The molecule has 15 heavy (non-hydrogen) atoms. The van der Waals surface area contributed by atoms with Gasteiger partial charge in [0.2, 0.25) is 5.16 Å². The van der Waals surface area contributed by atoms with E-state index < -0.39 is 16.8 Å². The van der Waals surface area contributed by atoms with Crippen LogP contribution < -0.4 is 5.32 Å². The van der Waals surface area contributed by atoms with Gasteiger partial charge >= 0.3 is 5.97 Å². The molecule has 0 aliphatic carbocycles. The molecule has 0 saturated heterocycles. The summed E-state index contributed by atoms with van der Waals surface area (Å²) in [6.45, 7) is 0.440. The number of nitrogens with zero attached hydrogens (tertiary/aromatic N) is 2. The van der Waals surface area contributed by atoms with Crippen LogP contribution in [0.2, 0.25) is 0 Å². The molecule has 0 spiro atoms. The van der Waals surface area contributed by atoms with E-state index in [1.807, 2.05) is 0 Å². The highest BCUT2D eigenvalue weighted by Gasteiger charge is 2.19. The van der Waals surface area contributed by atoms with Crippen LogP contribution in [0.15, 0.2) is 11.4 Å². The number of carbonyl (C=O) groups is 1. The Bertz CT molecular complexity index is 422. The Morgan fingerprint density at radius 3 is 3.00 bits per heavy atom. The summed E-state index contributed by atoms with van der Waals surface area (Å²) in [6.07, 6.45) is 1.18. The number of carboxylic acid groups (broad SMARTS) is 1. The second kappa shape index (κ2) is 4.35. The third-order valence-corrected chi connectivity index (χ3v) is 2.96. The predicted molar refractivity (Wildman–Crippen MR) is 55.5 cm³/mol. The average Bonchev–Trinajstić information content (AvgIpc) is 2.28. The van der Waals surface area contributed by atoms with Crippen molar-refractivity contribution >= 4 is 22.6 Å². The quantitative estimate of drug-likeness (QED) is 0.675. The summed E-state index contributed by atoms with van der Waals surface area (Å²) in [5.74, 6) is -0.452. The Kier molecular flexibility index (Phi) is 3.35. The van der Waals surface area contributed by atoms with Gasteiger partial charge in [0.1, 0.15) is 11.4 Å². The maximum Gasteiger partial charge on any atom is 0.341 e. The Labute approximate surface area is 89.2 Å².